The summed E-state index contributed by atoms with van der Waals surface area (Å²) >= 11 is 0. The molecule has 2 aliphatic rings. The molecule has 1 amide bonds. The standard InChI is InChI=1S/C15H20N2O4/c18-14(19)13-5-2-8-17(13)11-6-9-16(10-7-11)15(20)21-12-3-1-4-12/h2,5,8,11-12H,1,3-4,6-7,9-10H2,(H,18,19). The Kier molecular flexibility index (Phi) is 3.86. The number of hydrogen-bond donors (Lipinski definition) is 1. The fourth-order valence-corrected chi connectivity index (χ4v) is 2.93. The quantitative estimate of drug-likeness (QED) is 0.929. The van der Waals surface area contributed by atoms with E-state index in [0.717, 1.165) is 32.1 Å². The highest BCUT2D eigenvalue weighted by Crippen LogP contribution is 2.27. The minimum absolute atomic E-state index is 0.110. The second-order valence-electron chi connectivity index (χ2n) is 5.76. The molecule has 1 N–H and O–H groups in total. The van der Waals surface area contributed by atoms with E-state index in [2.05, 4.69) is 0 Å². The summed E-state index contributed by atoms with van der Waals surface area (Å²) in [6.45, 7) is 1.24. The summed E-state index contributed by atoms with van der Waals surface area (Å²) in [6, 6.07) is 3.50. The lowest BCUT2D eigenvalue weighted by molar-refractivity contribution is 0.0207. The van der Waals surface area contributed by atoms with Crippen LogP contribution in [0.4, 0.5) is 4.79 Å². The number of carboxylic acids is 1. The van der Waals surface area contributed by atoms with E-state index >= 15 is 0 Å². The third-order valence-corrected chi connectivity index (χ3v) is 4.43. The molecule has 0 unspecified atom stereocenters. The molecule has 0 bridgehead atoms. The van der Waals surface area contributed by atoms with E-state index in [0.29, 0.717) is 18.8 Å². The van der Waals surface area contributed by atoms with Crippen LogP contribution >= 0.6 is 0 Å². The van der Waals surface area contributed by atoms with Gasteiger partial charge in [-0.2, -0.15) is 0 Å². The van der Waals surface area contributed by atoms with Crippen LogP contribution in [0.3, 0.4) is 0 Å². The van der Waals surface area contributed by atoms with Crippen LogP contribution in [-0.4, -0.2) is 45.8 Å². The van der Waals surface area contributed by atoms with E-state index < -0.39 is 5.97 Å². The lowest BCUT2D eigenvalue weighted by Gasteiger charge is -2.34. The average molecular weight is 292 g/mol. The summed E-state index contributed by atoms with van der Waals surface area (Å²) < 4.78 is 7.20. The maximum Gasteiger partial charge on any atom is 0.410 e. The van der Waals surface area contributed by atoms with Gasteiger partial charge < -0.3 is 19.3 Å². The molecule has 1 aliphatic heterocycles. The summed E-state index contributed by atoms with van der Waals surface area (Å²) in [5.41, 5.74) is 0.311. The molecule has 6 nitrogen and oxygen atoms in total. The molecule has 0 aromatic carbocycles. The fraction of sp³-hybridized carbons (Fsp3) is 0.600. The largest absolute Gasteiger partial charge is 0.477 e. The first-order valence-corrected chi connectivity index (χ1v) is 7.51. The molecule has 1 aromatic heterocycles. The van der Waals surface area contributed by atoms with Gasteiger partial charge in [0.15, 0.2) is 0 Å². The van der Waals surface area contributed by atoms with Crippen molar-refractivity contribution in [1.29, 1.82) is 0 Å². The summed E-state index contributed by atoms with van der Waals surface area (Å²) in [5.74, 6) is -0.910. The molecule has 1 saturated heterocycles. The molecule has 1 aliphatic carbocycles. The van der Waals surface area contributed by atoms with Gasteiger partial charge in [-0.15, -0.1) is 0 Å². The zero-order chi connectivity index (χ0) is 14.8. The van der Waals surface area contributed by atoms with E-state index in [1.165, 1.54) is 0 Å². The van der Waals surface area contributed by atoms with Gasteiger partial charge >= 0.3 is 12.1 Å². The number of rotatable bonds is 3. The van der Waals surface area contributed by atoms with Gasteiger partial charge in [0.05, 0.1) is 0 Å². The molecule has 2 fully saturated rings. The van der Waals surface area contributed by atoms with Crippen LogP contribution in [0.1, 0.15) is 48.6 Å². The maximum atomic E-state index is 12.0. The minimum atomic E-state index is -0.910. The Hall–Kier alpha value is -1.98. The third-order valence-electron chi connectivity index (χ3n) is 4.43. The fourth-order valence-electron chi connectivity index (χ4n) is 2.93. The second kappa shape index (κ2) is 5.79. The summed E-state index contributed by atoms with van der Waals surface area (Å²) in [5, 5.41) is 9.15. The van der Waals surface area contributed by atoms with Crippen LogP contribution in [0.5, 0.6) is 0 Å². The van der Waals surface area contributed by atoms with Crippen molar-refractivity contribution in [2.45, 2.75) is 44.2 Å². The zero-order valence-electron chi connectivity index (χ0n) is 11.9. The number of nitrogens with zero attached hydrogens (tertiary/aromatic N) is 2. The van der Waals surface area contributed by atoms with E-state index in [1.807, 2.05) is 0 Å². The normalized spacial score (nSPS) is 20.1. The van der Waals surface area contributed by atoms with Gasteiger partial charge in [-0.25, -0.2) is 9.59 Å². The Balaban J connectivity index is 1.55. The van der Waals surface area contributed by atoms with E-state index in [9.17, 15) is 9.59 Å². The average Bonchev–Trinajstić information content (AvgIpc) is 2.92. The lowest BCUT2D eigenvalue weighted by Crippen LogP contribution is -2.41. The molecule has 21 heavy (non-hydrogen) atoms. The minimum Gasteiger partial charge on any atom is -0.477 e. The van der Waals surface area contributed by atoms with Crippen molar-refractivity contribution in [3.63, 3.8) is 0 Å². The van der Waals surface area contributed by atoms with Gasteiger partial charge in [0.25, 0.3) is 0 Å². The van der Waals surface area contributed by atoms with Crippen molar-refractivity contribution in [3.8, 4) is 0 Å². The number of carbonyl (C=O) groups is 2. The Morgan fingerprint density at radius 3 is 2.48 bits per heavy atom. The van der Waals surface area contributed by atoms with Crippen LogP contribution in [0, 0.1) is 0 Å². The van der Waals surface area contributed by atoms with Gasteiger partial charge in [-0.05, 0) is 44.2 Å². The number of likely N-dealkylation sites (tertiary alicyclic amines) is 1. The lowest BCUT2D eigenvalue weighted by atomic mass is 9.96. The highest BCUT2D eigenvalue weighted by atomic mass is 16.6. The first kappa shape index (κ1) is 14.0. The van der Waals surface area contributed by atoms with Gasteiger partial charge in [0, 0.05) is 25.3 Å². The van der Waals surface area contributed by atoms with Crippen molar-refractivity contribution in [1.82, 2.24) is 9.47 Å². The third kappa shape index (κ3) is 2.89. The van der Waals surface area contributed by atoms with Gasteiger partial charge in [-0.1, -0.05) is 0 Å². The number of carboxylic acid groups (broad SMARTS) is 1. The predicted octanol–water partition coefficient (Wildman–Crippen LogP) is 2.51. The summed E-state index contributed by atoms with van der Waals surface area (Å²) in [6.07, 6.45) is 6.31. The van der Waals surface area contributed by atoms with Crippen molar-refractivity contribution < 1.29 is 19.4 Å². The highest BCUT2D eigenvalue weighted by Gasteiger charge is 2.29. The maximum absolute atomic E-state index is 12.0. The molecule has 3 rings (SSSR count). The number of aromatic nitrogens is 1. The SMILES string of the molecule is O=C(O)c1cccn1C1CCN(C(=O)OC2CCC2)CC1. The van der Waals surface area contributed by atoms with Crippen molar-refractivity contribution >= 4 is 12.1 Å². The Morgan fingerprint density at radius 2 is 1.90 bits per heavy atom. The molecule has 0 radical (unpaired) electrons. The smallest absolute Gasteiger partial charge is 0.410 e. The molecule has 0 spiro atoms. The molecule has 1 aromatic rings. The first-order chi connectivity index (χ1) is 10.1. The van der Waals surface area contributed by atoms with Crippen LogP contribution in [-0.2, 0) is 4.74 Å². The van der Waals surface area contributed by atoms with Crippen molar-refractivity contribution in [3.05, 3.63) is 24.0 Å². The van der Waals surface area contributed by atoms with Crippen molar-refractivity contribution in [2.75, 3.05) is 13.1 Å². The second-order valence-corrected chi connectivity index (χ2v) is 5.76. The Bertz CT molecular complexity index is 528. The molecule has 2 heterocycles. The molecular weight excluding hydrogens is 272 g/mol. The highest BCUT2D eigenvalue weighted by molar-refractivity contribution is 5.85. The topological polar surface area (TPSA) is 71.8 Å². The number of piperidine rings is 1. The predicted molar refractivity (Wildman–Crippen MR) is 75.4 cm³/mol. The number of aromatic carboxylic acids is 1. The van der Waals surface area contributed by atoms with Gasteiger partial charge in [0.1, 0.15) is 11.8 Å². The molecule has 6 heteroatoms. The molecule has 1 saturated carbocycles. The summed E-state index contributed by atoms with van der Waals surface area (Å²) in [4.78, 5) is 24.9. The summed E-state index contributed by atoms with van der Waals surface area (Å²) in [7, 11) is 0. The zero-order valence-corrected chi connectivity index (χ0v) is 11.9. The van der Waals surface area contributed by atoms with Crippen LogP contribution in [0.15, 0.2) is 18.3 Å². The van der Waals surface area contributed by atoms with E-state index in [1.54, 1.807) is 27.8 Å². The van der Waals surface area contributed by atoms with E-state index in [4.69, 9.17) is 9.84 Å². The first-order valence-electron chi connectivity index (χ1n) is 7.51. The van der Waals surface area contributed by atoms with Crippen LogP contribution in [0.2, 0.25) is 0 Å². The van der Waals surface area contributed by atoms with E-state index in [-0.39, 0.29) is 18.2 Å². The monoisotopic (exact) mass is 292 g/mol. The number of hydrogen-bond acceptors (Lipinski definition) is 3. The van der Waals surface area contributed by atoms with Gasteiger partial charge in [-0.3, -0.25) is 0 Å². The van der Waals surface area contributed by atoms with Crippen molar-refractivity contribution in [2.24, 2.45) is 0 Å². The molecule has 114 valence electrons. The molecular formula is C15H20N2O4. The van der Waals surface area contributed by atoms with Gasteiger partial charge in [0.2, 0.25) is 0 Å². The Labute approximate surface area is 123 Å². The Morgan fingerprint density at radius 1 is 1.19 bits per heavy atom. The van der Waals surface area contributed by atoms with Crippen LogP contribution < -0.4 is 0 Å². The molecule has 0 atom stereocenters. The van der Waals surface area contributed by atoms with Crippen LogP contribution in [0.25, 0.3) is 0 Å². The number of ether oxygens (including phenoxy) is 1. The number of amides is 1. The number of carbonyl (C=O) groups excluding carboxylic acids is 1.